The SMILES string of the molecule is CN(Cc1ccc(Cl)cc1)C(=O)C1(C(N)=S)CC1. The van der Waals surface area contributed by atoms with Crippen LogP contribution >= 0.6 is 23.8 Å². The van der Waals surface area contributed by atoms with Crippen molar-refractivity contribution in [2.75, 3.05) is 7.05 Å². The fraction of sp³-hybridized carbons (Fsp3) is 0.385. The third-order valence-corrected chi connectivity index (χ3v) is 3.95. The molecular formula is C13H15ClN2OS. The van der Waals surface area contributed by atoms with Crippen molar-refractivity contribution >= 4 is 34.7 Å². The van der Waals surface area contributed by atoms with Crippen LogP contribution in [0.2, 0.25) is 5.02 Å². The Kier molecular flexibility index (Phi) is 3.59. The summed E-state index contributed by atoms with van der Waals surface area (Å²) in [4.78, 5) is 14.3. The first-order valence-corrected chi connectivity index (χ1v) is 6.54. The van der Waals surface area contributed by atoms with Gasteiger partial charge in [-0.3, -0.25) is 4.79 Å². The molecule has 5 heteroatoms. The van der Waals surface area contributed by atoms with E-state index in [9.17, 15) is 4.79 Å². The maximum atomic E-state index is 12.3. The van der Waals surface area contributed by atoms with Crippen LogP contribution in [0.15, 0.2) is 24.3 Å². The van der Waals surface area contributed by atoms with Gasteiger partial charge in [0.2, 0.25) is 5.91 Å². The number of halogens is 1. The van der Waals surface area contributed by atoms with E-state index < -0.39 is 5.41 Å². The molecule has 18 heavy (non-hydrogen) atoms. The lowest BCUT2D eigenvalue weighted by Gasteiger charge is -2.22. The monoisotopic (exact) mass is 282 g/mol. The number of carbonyl (C=O) groups excluding carboxylic acids is 1. The number of amides is 1. The highest BCUT2D eigenvalue weighted by molar-refractivity contribution is 7.80. The first-order chi connectivity index (χ1) is 8.45. The van der Waals surface area contributed by atoms with Crippen molar-refractivity contribution < 1.29 is 4.79 Å². The van der Waals surface area contributed by atoms with Crippen molar-refractivity contribution in [3.63, 3.8) is 0 Å². The summed E-state index contributed by atoms with van der Waals surface area (Å²) in [6, 6.07) is 7.45. The van der Waals surface area contributed by atoms with Gasteiger partial charge in [-0.2, -0.15) is 0 Å². The van der Waals surface area contributed by atoms with Crippen molar-refractivity contribution in [2.45, 2.75) is 19.4 Å². The summed E-state index contributed by atoms with van der Waals surface area (Å²) in [6.07, 6.45) is 1.54. The molecule has 3 nitrogen and oxygen atoms in total. The summed E-state index contributed by atoms with van der Waals surface area (Å²) in [6.45, 7) is 0.542. The lowest BCUT2D eigenvalue weighted by Crippen LogP contribution is -2.40. The maximum absolute atomic E-state index is 12.3. The van der Waals surface area contributed by atoms with Crippen LogP contribution in [0.4, 0.5) is 0 Å². The Bertz CT molecular complexity index is 482. The van der Waals surface area contributed by atoms with Crippen molar-refractivity contribution in [1.82, 2.24) is 4.90 Å². The lowest BCUT2D eigenvalue weighted by molar-refractivity contribution is -0.133. The Morgan fingerprint density at radius 3 is 2.44 bits per heavy atom. The van der Waals surface area contributed by atoms with Crippen LogP contribution in [-0.2, 0) is 11.3 Å². The minimum absolute atomic E-state index is 0.0185. The van der Waals surface area contributed by atoms with Gasteiger partial charge in [-0.1, -0.05) is 36.0 Å². The number of nitrogens with zero attached hydrogens (tertiary/aromatic N) is 1. The second-order valence-corrected chi connectivity index (χ2v) is 5.61. The molecule has 2 N–H and O–H groups in total. The van der Waals surface area contributed by atoms with Crippen molar-refractivity contribution in [2.24, 2.45) is 11.1 Å². The van der Waals surface area contributed by atoms with E-state index in [0.717, 1.165) is 18.4 Å². The summed E-state index contributed by atoms with van der Waals surface area (Å²) in [5, 5.41) is 0.689. The van der Waals surface area contributed by atoms with Gasteiger partial charge in [0.15, 0.2) is 0 Å². The number of carbonyl (C=O) groups is 1. The average Bonchev–Trinajstić information content (AvgIpc) is 3.12. The molecule has 1 aliphatic carbocycles. The minimum atomic E-state index is -0.573. The molecule has 0 bridgehead atoms. The van der Waals surface area contributed by atoms with Crippen LogP contribution in [0.1, 0.15) is 18.4 Å². The standard InChI is InChI=1S/C13H15ClN2OS/c1-16(8-9-2-4-10(14)5-3-9)12(17)13(6-7-13)11(15)18/h2-5H,6-8H2,1H3,(H2,15,18). The van der Waals surface area contributed by atoms with E-state index in [-0.39, 0.29) is 5.91 Å². The molecule has 0 unspecified atom stereocenters. The fourth-order valence-corrected chi connectivity index (χ4v) is 2.41. The van der Waals surface area contributed by atoms with Crippen molar-refractivity contribution in [3.05, 3.63) is 34.9 Å². The molecular weight excluding hydrogens is 268 g/mol. The van der Waals surface area contributed by atoms with E-state index in [0.29, 0.717) is 16.6 Å². The predicted molar refractivity (Wildman–Crippen MR) is 76.4 cm³/mol. The van der Waals surface area contributed by atoms with Crippen LogP contribution in [0.25, 0.3) is 0 Å². The van der Waals surface area contributed by atoms with Crippen LogP contribution in [0.3, 0.4) is 0 Å². The molecule has 0 saturated heterocycles. The second-order valence-electron chi connectivity index (χ2n) is 4.73. The Morgan fingerprint density at radius 1 is 1.44 bits per heavy atom. The number of benzene rings is 1. The summed E-state index contributed by atoms with van der Waals surface area (Å²) < 4.78 is 0. The number of hydrogen-bond donors (Lipinski definition) is 1. The van der Waals surface area contributed by atoms with Crippen LogP contribution in [0, 0.1) is 5.41 Å². The molecule has 96 valence electrons. The Hall–Kier alpha value is -1.13. The van der Waals surface area contributed by atoms with E-state index in [2.05, 4.69) is 0 Å². The molecule has 0 heterocycles. The molecule has 0 aromatic heterocycles. The Labute approximate surface area is 117 Å². The van der Waals surface area contributed by atoms with Crippen LogP contribution in [-0.4, -0.2) is 22.8 Å². The number of nitrogens with two attached hydrogens (primary N) is 1. The molecule has 1 aliphatic rings. The highest BCUT2D eigenvalue weighted by Gasteiger charge is 2.53. The zero-order valence-electron chi connectivity index (χ0n) is 10.1. The second kappa shape index (κ2) is 4.86. The van der Waals surface area contributed by atoms with Gasteiger partial charge in [0.05, 0.1) is 10.4 Å². The molecule has 0 radical (unpaired) electrons. The molecule has 1 amide bonds. The van der Waals surface area contributed by atoms with Gasteiger partial charge >= 0.3 is 0 Å². The Balaban J connectivity index is 2.04. The molecule has 1 aromatic rings. The third-order valence-electron chi connectivity index (χ3n) is 3.31. The molecule has 1 fully saturated rings. The molecule has 0 spiro atoms. The molecule has 0 atom stereocenters. The zero-order chi connectivity index (χ0) is 13.3. The van der Waals surface area contributed by atoms with E-state index >= 15 is 0 Å². The van der Waals surface area contributed by atoms with Gasteiger partial charge in [-0.25, -0.2) is 0 Å². The first kappa shape index (κ1) is 13.3. The lowest BCUT2D eigenvalue weighted by atomic mass is 10.1. The van der Waals surface area contributed by atoms with Gasteiger partial charge in [0, 0.05) is 18.6 Å². The van der Waals surface area contributed by atoms with Crippen LogP contribution in [0.5, 0.6) is 0 Å². The van der Waals surface area contributed by atoms with E-state index in [4.69, 9.17) is 29.6 Å². The van der Waals surface area contributed by atoms with Gasteiger partial charge < -0.3 is 10.6 Å². The average molecular weight is 283 g/mol. The predicted octanol–water partition coefficient (Wildman–Crippen LogP) is 2.36. The Morgan fingerprint density at radius 2 is 2.00 bits per heavy atom. The topological polar surface area (TPSA) is 46.3 Å². The summed E-state index contributed by atoms with van der Waals surface area (Å²) in [5.41, 5.74) is 6.11. The summed E-state index contributed by atoms with van der Waals surface area (Å²) in [5.74, 6) is 0.0185. The van der Waals surface area contributed by atoms with E-state index in [1.807, 2.05) is 24.3 Å². The molecule has 0 aliphatic heterocycles. The molecule has 1 saturated carbocycles. The number of rotatable bonds is 4. The fourth-order valence-electron chi connectivity index (χ4n) is 1.99. The van der Waals surface area contributed by atoms with E-state index in [1.165, 1.54) is 0 Å². The smallest absolute Gasteiger partial charge is 0.235 e. The molecule has 2 rings (SSSR count). The highest BCUT2D eigenvalue weighted by atomic mass is 35.5. The summed E-state index contributed by atoms with van der Waals surface area (Å²) >= 11 is 10.8. The van der Waals surface area contributed by atoms with Gasteiger partial charge in [-0.05, 0) is 30.5 Å². The quantitative estimate of drug-likeness (QED) is 0.863. The zero-order valence-corrected chi connectivity index (χ0v) is 11.7. The van der Waals surface area contributed by atoms with Gasteiger partial charge in [0.25, 0.3) is 0 Å². The highest BCUT2D eigenvalue weighted by Crippen LogP contribution is 2.47. The minimum Gasteiger partial charge on any atom is -0.392 e. The van der Waals surface area contributed by atoms with Gasteiger partial charge in [0.1, 0.15) is 0 Å². The largest absolute Gasteiger partial charge is 0.392 e. The summed E-state index contributed by atoms with van der Waals surface area (Å²) in [7, 11) is 1.77. The third kappa shape index (κ3) is 2.49. The normalized spacial score (nSPS) is 16.1. The maximum Gasteiger partial charge on any atom is 0.235 e. The number of thiocarbonyl (C=S) groups is 1. The van der Waals surface area contributed by atoms with E-state index in [1.54, 1.807) is 11.9 Å². The number of hydrogen-bond acceptors (Lipinski definition) is 2. The first-order valence-electron chi connectivity index (χ1n) is 5.75. The van der Waals surface area contributed by atoms with Gasteiger partial charge in [-0.15, -0.1) is 0 Å². The molecule has 1 aromatic carbocycles. The van der Waals surface area contributed by atoms with Crippen molar-refractivity contribution in [1.29, 1.82) is 0 Å². The van der Waals surface area contributed by atoms with Crippen LogP contribution < -0.4 is 5.73 Å². The van der Waals surface area contributed by atoms with Crippen molar-refractivity contribution in [3.8, 4) is 0 Å².